The molecule has 21 heavy (non-hydrogen) atoms. The largest absolute Gasteiger partial charge is 0.411 e. The summed E-state index contributed by atoms with van der Waals surface area (Å²) < 4.78 is 42.7. The Hall–Kier alpha value is -0.110. The van der Waals surface area contributed by atoms with Crippen LogP contribution < -0.4 is 5.32 Å². The van der Waals surface area contributed by atoms with Crippen LogP contribution in [-0.2, 0) is 4.74 Å². The number of hydrogen-bond donors (Lipinski definition) is 1. The molecule has 0 spiro atoms. The van der Waals surface area contributed by atoms with Crippen LogP contribution in [0, 0.1) is 0 Å². The van der Waals surface area contributed by atoms with Crippen LogP contribution in [0.4, 0.5) is 13.2 Å². The summed E-state index contributed by atoms with van der Waals surface area (Å²) in [5.41, 5.74) is 0. The Labute approximate surface area is 135 Å². The van der Waals surface area contributed by atoms with E-state index in [4.69, 9.17) is 4.74 Å². The first-order valence-electron chi connectivity index (χ1n) is 7.03. The molecule has 1 aromatic heterocycles. The summed E-state index contributed by atoms with van der Waals surface area (Å²) in [5.74, 6) is 0. The molecule has 0 amide bonds. The number of rotatable bonds is 5. The van der Waals surface area contributed by atoms with E-state index in [9.17, 15) is 13.2 Å². The van der Waals surface area contributed by atoms with Gasteiger partial charge < -0.3 is 10.1 Å². The molecule has 120 valence electrons. The van der Waals surface area contributed by atoms with Gasteiger partial charge in [-0.05, 0) is 60.7 Å². The highest BCUT2D eigenvalue weighted by Gasteiger charge is 2.31. The Balaban J connectivity index is 1.81. The van der Waals surface area contributed by atoms with Gasteiger partial charge >= 0.3 is 6.18 Å². The van der Waals surface area contributed by atoms with Crippen molar-refractivity contribution < 1.29 is 17.9 Å². The molecule has 0 aliphatic heterocycles. The highest BCUT2D eigenvalue weighted by atomic mass is 79.9. The fraction of sp³-hybridized carbons (Fsp3) is 0.714. The molecule has 1 aromatic rings. The lowest BCUT2D eigenvalue weighted by Crippen LogP contribution is -2.39. The molecule has 2 rings (SSSR count). The van der Waals surface area contributed by atoms with E-state index < -0.39 is 12.8 Å². The van der Waals surface area contributed by atoms with Crippen LogP contribution in [0.5, 0.6) is 0 Å². The minimum absolute atomic E-state index is 0.202. The standard InChI is InChI=1S/C14H19BrF3NOS/c1-9(12-5-6-13(15)21-12)19-10-3-2-4-11(7-10)20-8-14(16,17)18/h5-6,9-11,19H,2-4,7-8H2,1H3. The van der Waals surface area contributed by atoms with Crippen LogP contribution in [0.1, 0.15) is 43.5 Å². The molecule has 1 heterocycles. The summed E-state index contributed by atoms with van der Waals surface area (Å²) in [4.78, 5) is 1.22. The minimum Gasteiger partial charge on any atom is -0.369 e. The predicted octanol–water partition coefficient (Wildman–Crippen LogP) is 5.05. The average molecular weight is 386 g/mol. The van der Waals surface area contributed by atoms with Crippen molar-refractivity contribution in [2.24, 2.45) is 0 Å². The Morgan fingerprint density at radius 2 is 2.19 bits per heavy atom. The first-order valence-corrected chi connectivity index (χ1v) is 8.64. The van der Waals surface area contributed by atoms with E-state index in [2.05, 4.69) is 34.2 Å². The quantitative estimate of drug-likeness (QED) is 0.765. The van der Waals surface area contributed by atoms with Gasteiger partial charge in [-0.25, -0.2) is 0 Å². The highest BCUT2D eigenvalue weighted by molar-refractivity contribution is 9.11. The zero-order valence-corrected chi connectivity index (χ0v) is 14.2. The molecule has 1 fully saturated rings. The van der Waals surface area contributed by atoms with Crippen molar-refractivity contribution in [2.45, 2.75) is 57.0 Å². The number of thiophene rings is 1. The molecule has 3 atom stereocenters. The topological polar surface area (TPSA) is 21.3 Å². The molecule has 1 saturated carbocycles. The van der Waals surface area contributed by atoms with Crippen molar-refractivity contribution in [1.82, 2.24) is 5.32 Å². The summed E-state index contributed by atoms with van der Waals surface area (Å²) in [7, 11) is 0. The zero-order valence-electron chi connectivity index (χ0n) is 11.8. The van der Waals surface area contributed by atoms with Crippen molar-refractivity contribution in [1.29, 1.82) is 0 Å². The molecule has 7 heteroatoms. The molecule has 1 N–H and O–H groups in total. The number of nitrogens with one attached hydrogen (secondary N) is 1. The van der Waals surface area contributed by atoms with E-state index in [-0.39, 0.29) is 18.2 Å². The van der Waals surface area contributed by atoms with Gasteiger partial charge in [-0.15, -0.1) is 11.3 Å². The van der Waals surface area contributed by atoms with Crippen LogP contribution >= 0.6 is 27.3 Å². The maximum Gasteiger partial charge on any atom is 0.411 e. The Kier molecular flexibility index (Phi) is 6.11. The van der Waals surface area contributed by atoms with Crippen LogP contribution in [-0.4, -0.2) is 24.9 Å². The molecular weight excluding hydrogens is 367 g/mol. The highest BCUT2D eigenvalue weighted by Crippen LogP contribution is 2.30. The van der Waals surface area contributed by atoms with Crippen LogP contribution in [0.15, 0.2) is 15.9 Å². The van der Waals surface area contributed by atoms with Gasteiger partial charge in [0.05, 0.1) is 9.89 Å². The van der Waals surface area contributed by atoms with Crippen LogP contribution in [0.25, 0.3) is 0 Å². The molecule has 0 saturated heterocycles. The summed E-state index contributed by atoms with van der Waals surface area (Å²) >= 11 is 5.11. The second kappa shape index (κ2) is 7.44. The van der Waals surface area contributed by atoms with Crippen LogP contribution in [0.2, 0.25) is 0 Å². The number of ether oxygens (including phenoxy) is 1. The monoisotopic (exact) mass is 385 g/mol. The molecule has 1 aliphatic rings. The van der Waals surface area contributed by atoms with Crippen molar-refractivity contribution in [3.8, 4) is 0 Å². The van der Waals surface area contributed by atoms with Gasteiger partial charge in [-0.2, -0.15) is 13.2 Å². The smallest absolute Gasteiger partial charge is 0.369 e. The zero-order chi connectivity index (χ0) is 15.5. The van der Waals surface area contributed by atoms with Crippen molar-refractivity contribution in [2.75, 3.05) is 6.61 Å². The van der Waals surface area contributed by atoms with E-state index in [0.717, 1.165) is 16.6 Å². The summed E-state index contributed by atoms with van der Waals surface area (Å²) in [6, 6.07) is 4.49. The van der Waals surface area contributed by atoms with Crippen molar-refractivity contribution >= 4 is 27.3 Å². The van der Waals surface area contributed by atoms with Crippen molar-refractivity contribution in [3.05, 3.63) is 20.8 Å². The second-order valence-electron chi connectivity index (χ2n) is 5.44. The fourth-order valence-electron chi connectivity index (χ4n) is 2.66. The lowest BCUT2D eigenvalue weighted by atomic mass is 9.92. The first-order chi connectivity index (χ1) is 9.83. The maximum absolute atomic E-state index is 12.2. The predicted molar refractivity (Wildman–Crippen MR) is 81.6 cm³/mol. The molecule has 3 unspecified atom stereocenters. The Morgan fingerprint density at radius 3 is 2.81 bits per heavy atom. The Bertz CT molecular complexity index is 452. The lowest BCUT2D eigenvalue weighted by Gasteiger charge is -2.32. The molecule has 0 radical (unpaired) electrons. The maximum atomic E-state index is 12.2. The van der Waals surface area contributed by atoms with Gasteiger partial charge in [0.15, 0.2) is 0 Å². The average Bonchev–Trinajstić information content (AvgIpc) is 2.83. The van der Waals surface area contributed by atoms with Gasteiger partial charge in [-0.1, -0.05) is 0 Å². The third-order valence-corrected chi connectivity index (χ3v) is 5.42. The summed E-state index contributed by atoms with van der Waals surface area (Å²) in [5, 5.41) is 3.50. The third kappa shape index (κ3) is 5.88. The molecule has 0 bridgehead atoms. The second-order valence-corrected chi connectivity index (χ2v) is 7.94. The van der Waals surface area contributed by atoms with Gasteiger partial charge in [0.2, 0.25) is 0 Å². The minimum atomic E-state index is -4.24. The lowest BCUT2D eigenvalue weighted by molar-refractivity contribution is -0.188. The number of halogens is 4. The number of hydrogen-bond acceptors (Lipinski definition) is 3. The SMILES string of the molecule is CC(NC1CCCC(OCC(F)(F)F)C1)c1ccc(Br)s1. The van der Waals surface area contributed by atoms with Gasteiger partial charge in [0, 0.05) is 17.0 Å². The van der Waals surface area contributed by atoms with Gasteiger partial charge in [-0.3, -0.25) is 0 Å². The van der Waals surface area contributed by atoms with Crippen molar-refractivity contribution in [3.63, 3.8) is 0 Å². The first kappa shape index (κ1) is 17.2. The summed E-state index contributed by atoms with van der Waals surface area (Å²) in [6.07, 6.45) is -1.28. The van der Waals surface area contributed by atoms with Crippen LogP contribution in [0.3, 0.4) is 0 Å². The molecule has 2 nitrogen and oxygen atoms in total. The molecule has 1 aliphatic carbocycles. The van der Waals surface area contributed by atoms with E-state index in [1.807, 2.05) is 6.07 Å². The van der Waals surface area contributed by atoms with E-state index >= 15 is 0 Å². The third-order valence-electron chi connectivity index (χ3n) is 3.62. The van der Waals surface area contributed by atoms with E-state index in [0.29, 0.717) is 12.8 Å². The fourth-order valence-corrected chi connectivity index (χ4v) is 4.09. The summed E-state index contributed by atoms with van der Waals surface area (Å²) in [6.45, 7) is 0.941. The van der Waals surface area contributed by atoms with E-state index in [1.165, 1.54) is 4.88 Å². The van der Waals surface area contributed by atoms with E-state index in [1.54, 1.807) is 11.3 Å². The Morgan fingerprint density at radius 1 is 1.43 bits per heavy atom. The normalized spacial score (nSPS) is 25.0. The van der Waals surface area contributed by atoms with Gasteiger partial charge in [0.1, 0.15) is 6.61 Å². The molecular formula is C14H19BrF3NOS. The van der Waals surface area contributed by atoms with Gasteiger partial charge in [0.25, 0.3) is 0 Å². The molecule has 0 aromatic carbocycles. The number of alkyl halides is 3.